The summed E-state index contributed by atoms with van der Waals surface area (Å²) in [4.78, 5) is 43.1. The summed E-state index contributed by atoms with van der Waals surface area (Å²) in [7, 11) is 0. The predicted molar refractivity (Wildman–Crippen MR) is 114 cm³/mol. The zero-order valence-corrected chi connectivity index (χ0v) is 16.8. The molecule has 0 radical (unpaired) electrons. The Balaban J connectivity index is 1.82. The van der Waals surface area contributed by atoms with Crippen molar-refractivity contribution in [2.45, 2.75) is 12.8 Å². The minimum absolute atomic E-state index is 0.101. The highest BCUT2D eigenvalue weighted by atomic mass is 32.1. The van der Waals surface area contributed by atoms with Crippen molar-refractivity contribution < 1.29 is 19.5 Å². The number of anilines is 1. The number of carbonyl (C=O) groups excluding carboxylic acids is 2. The van der Waals surface area contributed by atoms with Gasteiger partial charge in [0.25, 0.3) is 11.8 Å². The van der Waals surface area contributed by atoms with Crippen LogP contribution in [0, 0.1) is 0 Å². The molecule has 1 aromatic carbocycles. The van der Waals surface area contributed by atoms with Crippen molar-refractivity contribution in [3.8, 4) is 0 Å². The van der Waals surface area contributed by atoms with Gasteiger partial charge in [0.1, 0.15) is 11.4 Å². The fourth-order valence-corrected chi connectivity index (χ4v) is 3.68. The van der Waals surface area contributed by atoms with Crippen molar-refractivity contribution in [3.63, 3.8) is 0 Å². The molecule has 8 N–H and O–H groups in total. The van der Waals surface area contributed by atoms with Crippen LogP contribution in [-0.2, 0) is 6.42 Å². The minimum Gasteiger partial charge on any atom is -0.477 e. The summed E-state index contributed by atoms with van der Waals surface area (Å²) in [5.41, 5.74) is 12.8. The number of hydrogen-bond donors (Lipinski definition) is 6. The Morgan fingerprint density at radius 3 is 2.67 bits per heavy atom. The lowest BCUT2D eigenvalue weighted by Gasteiger charge is -2.04. The van der Waals surface area contributed by atoms with Crippen molar-refractivity contribution in [1.29, 1.82) is 0 Å². The molecular weight excluding hydrogens is 408 g/mol. The van der Waals surface area contributed by atoms with Crippen molar-refractivity contribution in [2.75, 3.05) is 25.0 Å². The molecule has 0 atom stereocenters. The molecule has 0 saturated carbocycles. The number of carbonyl (C=O) groups is 3. The standard InChI is InChI=1S/C19H22N6O4S/c20-5-1-2-11-12-8-10(3-4-13(12)23-15(11)18(28)29)16(26)25-19-24-14(9-30-19)17(27)22-7-6-21/h3-4,8-9,23H,1-2,5-7,20-21H2,(H,22,27)(H,28,29)(H,24,25,26). The topological polar surface area (TPSA) is 176 Å². The minimum atomic E-state index is -1.06. The number of carboxylic acid groups (broad SMARTS) is 1. The number of rotatable bonds is 9. The van der Waals surface area contributed by atoms with E-state index in [0.29, 0.717) is 54.5 Å². The number of carboxylic acids is 1. The monoisotopic (exact) mass is 430 g/mol. The molecule has 2 heterocycles. The van der Waals surface area contributed by atoms with Crippen LogP contribution in [0.1, 0.15) is 43.3 Å². The molecule has 0 fully saturated rings. The quantitative estimate of drug-likeness (QED) is 0.295. The number of aromatic carboxylic acids is 1. The lowest BCUT2D eigenvalue weighted by molar-refractivity contribution is 0.0689. The molecule has 2 amide bonds. The fraction of sp³-hybridized carbons (Fsp3) is 0.263. The second kappa shape index (κ2) is 9.48. The van der Waals surface area contributed by atoms with Crippen LogP contribution in [0.5, 0.6) is 0 Å². The first-order valence-electron chi connectivity index (χ1n) is 9.27. The van der Waals surface area contributed by atoms with Gasteiger partial charge in [-0.2, -0.15) is 0 Å². The Kier molecular flexibility index (Phi) is 6.77. The van der Waals surface area contributed by atoms with Crippen LogP contribution in [0.15, 0.2) is 23.6 Å². The smallest absolute Gasteiger partial charge is 0.352 e. The van der Waals surface area contributed by atoms with Crippen molar-refractivity contribution in [3.05, 3.63) is 46.1 Å². The molecule has 0 aliphatic carbocycles. The first kappa shape index (κ1) is 21.4. The van der Waals surface area contributed by atoms with Crippen LogP contribution in [-0.4, -0.2) is 52.5 Å². The van der Waals surface area contributed by atoms with E-state index in [1.807, 2.05) is 0 Å². The van der Waals surface area contributed by atoms with Gasteiger partial charge >= 0.3 is 5.97 Å². The summed E-state index contributed by atoms with van der Waals surface area (Å²) in [5, 5.41) is 17.2. The maximum absolute atomic E-state index is 12.7. The van der Waals surface area contributed by atoms with Crippen molar-refractivity contribution in [2.24, 2.45) is 11.5 Å². The number of nitrogens with two attached hydrogens (primary N) is 2. The molecule has 158 valence electrons. The third-order valence-electron chi connectivity index (χ3n) is 4.40. The molecule has 10 nitrogen and oxygen atoms in total. The highest BCUT2D eigenvalue weighted by Crippen LogP contribution is 2.26. The number of nitrogens with one attached hydrogen (secondary N) is 3. The lowest BCUT2D eigenvalue weighted by Crippen LogP contribution is -2.29. The van der Waals surface area contributed by atoms with Gasteiger partial charge in [-0.1, -0.05) is 0 Å². The molecule has 2 aromatic heterocycles. The van der Waals surface area contributed by atoms with E-state index >= 15 is 0 Å². The average molecular weight is 430 g/mol. The number of fused-ring (bicyclic) bond motifs is 1. The first-order valence-corrected chi connectivity index (χ1v) is 10.2. The summed E-state index contributed by atoms with van der Waals surface area (Å²) < 4.78 is 0. The number of aromatic nitrogens is 2. The van der Waals surface area contributed by atoms with Gasteiger partial charge in [-0.3, -0.25) is 14.9 Å². The maximum atomic E-state index is 12.7. The molecule has 30 heavy (non-hydrogen) atoms. The van der Waals surface area contributed by atoms with E-state index in [1.165, 1.54) is 0 Å². The number of aryl methyl sites for hydroxylation is 1. The molecule has 0 aliphatic heterocycles. The molecular formula is C19H22N6O4S. The normalized spacial score (nSPS) is 10.9. The largest absolute Gasteiger partial charge is 0.477 e. The molecule has 3 rings (SSSR count). The zero-order chi connectivity index (χ0) is 21.7. The van der Waals surface area contributed by atoms with Crippen LogP contribution >= 0.6 is 11.3 Å². The summed E-state index contributed by atoms with van der Waals surface area (Å²) >= 11 is 1.13. The number of nitrogens with zero attached hydrogens (tertiary/aromatic N) is 1. The van der Waals surface area contributed by atoms with E-state index in [4.69, 9.17) is 11.5 Å². The highest BCUT2D eigenvalue weighted by Gasteiger charge is 2.19. The maximum Gasteiger partial charge on any atom is 0.352 e. The molecule has 0 bridgehead atoms. The number of H-pyrrole nitrogens is 1. The average Bonchev–Trinajstić information content (AvgIpc) is 3.34. The summed E-state index contributed by atoms with van der Waals surface area (Å²) in [6, 6.07) is 4.90. The Morgan fingerprint density at radius 2 is 1.97 bits per heavy atom. The molecule has 3 aromatic rings. The molecule has 11 heteroatoms. The lowest BCUT2D eigenvalue weighted by atomic mass is 10.0. The summed E-state index contributed by atoms with van der Waals surface area (Å²) in [6.45, 7) is 1.08. The molecule has 0 unspecified atom stereocenters. The molecule has 0 saturated heterocycles. The van der Waals surface area contributed by atoms with Crippen LogP contribution in [0.4, 0.5) is 5.13 Å². The second-order valence-electron chi connectivity index (χ2n) is 6.47. The zero-order valence-electron chi connectivity index (χ0n) is 16.0. The van der Waals surface area contributed by atoms with E-state index in [1.54, 1.807) is 23.6 Å². The fourth-order valence-electron chi connectivity index (χ4n) is 2.99. The number of amides is 2. The van der Waals surface area contributed by atoms with Crippen LogP contribution in [0.3, 0.4) is 0 Å². The van der Waals surface area contributed by atoms with Crippen LogP contribution in [0.2, 0.25) is 0 Å². The highest BCUT2D eigenvalue weighted by molar-refractivity contribution is 7.14. The van der Waals surface area contributed by atoms with Crippen LogP contribution in [0.25, 0.3) is 10.9 Å². The number of hydrogen-bond acceptors (Lipinski definition) is 7. The van der Waals surface area contributed by atoms with Gasteiger partial charge in [0.2, 0.25) is 0 Å². The Morgan fingerprint density at radius 1 is 1.17 bits per heavy atom. The summed E-state index contributed by atoms with van der Waals surface area (Å²) in [5.74, 6) is -1.84. The predicted octanol–water partition coefficient (Wildman–Crippen LogP) is 1.15. The number of aromatic amines is 1. The van der Waals surface area contributed by atoms with Crippen molar-refractivity contribution in [1.82, 2.24) is 15.3 Å². The first-order chi connectivity index (χ1) is 14.4. The number of benzene rings is 1. The van der Waals surface area contributed by atoms with Gasteiger partial charge in [-0.15, -0.1) is 11.3 Å². The summed E-state index contributed by atoms with van der Waals surface area (Å²) in [6.07, 6.45) is 1.11. The second-order valence-corrected chi connectivity index (χ2v) is 7.33. The molecule has 0 aliphatic rings. The van der Waals surface area contributed by atoms with Gasteiger partial charge in [-0.25, -0.2) is 9.78 Å². The van der Waals surface area contributed by atoms with E-state index in [0.717, 1.165) is 11.3 Å². The van der Waals surface area contributed by atoms with E-state index in [2.05, 4.69) is 20.6 Å². The third kappa shape index (κ3) is 4.64. The van der Waals surface area contributed by atoms with E-state index < -0.39 is 11.9 Å². The Labute approximate surface area is 175 Å². The van der Waals surface area contributed by atoms with Gasteiger partial charge < -0.3 is 26.9 Å². The van der Waals surface area contributed by atoms with Crippen molar-refractivity contribution >= 4 is 45.2 Å². The van der Waals surface area contributed by atoms with Gasteiger partial charge in [-0.05, 0) is 43.1 Å². The SMILES string of the molecule is NCCCc1c(C(=O)O)[nH]c2ccc(C(=O)Nc3nc(C(=O)NCCN)cs3)cc12. The Bertz CT molecular complexity index is 1090. The third-order valence-corrected chi connectivity index (χ3v) is 5.16. The van der Waals surface area contributed by atoms with Gasteiger partial charge in [0, 0.05) is 34.9 Å². The molecule has 0 spiro atoms. The Hall–Kier alpha value is -3.28. The van der Waals surface area contributed by atoms with Gasteiger partial charge in [0.05, 0.1) is 0 Å². The number of thiazole rings is 1. The van der Waals surface area contributed by atoms with E-state index in [9.17, 15) is 19.5 Å². The van der Waals surface area contributed by atoms with E-state index in [-0.39, 0.29) is 22.4 Å². The van der Waals surface area contributed by atoms with Crippen LogP contribution < -0.4 is 22.1 Å². The van der Waals surface area contributed by atoms with Gasteiger partial charge in [0.15, 0.2) is 5.13 Å².